The molecule has 1 rings (SSSR count). The van der Waals surface area contributed by atoms with Crippen LogP contribution in [-0.2, 0) is 0 Å². The van der Waals surface area contributed by atoms with Crippen molar-refractivity contribution in [2.24, 2.45) is 0 Å². The summed E-state index contributed by atoms with van der Waals surface area (Å²) in [6.45, 7) is 0. The molecule has 12 heavy (non-hydrogen) atoms. The Morgan fingerprint density at radius 1 is 1.58 bits per heavy atom. The Balaban J connectivity index is 2.58. The predicted octanol–water partition coefficient (Wildman–Crippen LogP) is -0.837. The molecule has 0 aromatic carbocycles. The zero-order chi connectivity index (χ0) is 8.97. The standard InChI is InChI=1S/C6H11N5O/c1-11(2)10-9-5-3-4-7-6(12)8-5/h3-4,10H,1-2H3,(H2,7,8,9,12). The molecule has 0 spiro atoms. The van der Waals surface area contributed by atoms with Gasteiger partial charge in [0.25, 0.3) is 0 Å². The second kappa shape index (κ2) is 3.84. The fraction of sp³-hybridized carbons (Fsp3) is 0.333. The van der Waals surface area contributed by atoms with Crippen molar-refractivity contribution in [2.75, 3.05) is 19.5 Å². The molecule has 0 saturated heterocycles. The largest absolute Gasteiger partial charge is 0.346 e. The van der Waals surface area contributed by atoms with Crippen molar-refractivity contribution in [3.05, 3.63) is 22.7 Å². The third-order valence-electron chi connectivity index (χ3n) is 1.09. The molecule has 0 fully saturated rings. The van der Waals surface area contributed by atoms with Gasteiger partial charge in [-0.05, 0) is 6.07 Å². The van der Waals surface area contributed by atoms with Gasteiger partial charge in [-0.3, -0.25) is 10.4 Å². The molecule has 1 aromatic heterocycles. The number of hydrogen-bond acceptors (Lipinski definition) is 5. The Labute approximate surface area is 69.6 Å². The Hall–Kier alpha value is -1.40. The maximum Gasteiger partial charge on any atom is 0.346 e. The lowest BCUT2D eigenvalue weighted by Gasteiger charge is -2.12. The van der Waals surface area contributed by atoms with E-state index in [2.05, 4.69) is 20.9 Å². The zero-order valence-corrected chi connectivity index (χ0v) is 6.96. The average Bonchev–Trinajstić information content (AvgIpc) is 2.01. The van der Waals surface area contributed by atoms with Crippen molar-refractivity contribution in [2.45, 2.75) is 0 Å². The number of nitrogens with zero attached hydrogens (tertiary/aromatic N) is 2. The lowest BCUT2D eigenvalue weighted by atomic mass is 10.6. The number of aromatic nitrogens is 2. The summed E-state index contributed by atoms with van der Waals surface area (Å²) in [7, 11) is 3.65. The van der Waals surface area contributed by atoms with E-state index in [4.69, 9.17) is 0 Å². The molecular formula is C6H11N5O. The highest BCUT2D eigenvalue weighted by Gasteiger charge is 1.91. The molecule has 1 heterocycles. The first kappa shape index (κ1) is 8.69. The monoisotopic (exact) mass is 169 g/mol. The van der Waals surface area contributed by atoms with E-state index < -0.39 is 0 Å². The zero-order valence-electron chi connectivity index (χ0n) is 6.96. The van der Waals surface area contributed by atoms with Crippen LogP contribution in [0, 0.1) is 0 Å². The highest BCUT2D eigenvalue weighted by atomic mass is 16.1. The van der Waals surface area contributed by atoms with Crippen molar-refractivity contribution in [3.8, 4) is 0 Å². The van der Waals surface area contributed by atoms with Crippen LogP contribution in [-0.4, -0.2) is 29.1 Å². The number of rotatable bonds is 3. The molecular weight excluding hydrogens is 158 g/mol. The highest BCUT2D eigenvalue weighted by Crippen LogP contribution is 1.91. The number of H-pyrrole nitrogens is 1. The molecule has 0 aliphatic rings. The summed E-state index contributed by atoms with van der Waals surface area (Å²) in [5, 5.41) is 1.71. The van der Waals surface area contributed by atoms with Gasteiger partial charge >= 0.3 is 5.69 Å². The van der Waals surface area contributed by atoms with Gasteiger partial charge in [0.2, 0.25) is 0 Å². The summed E-state index contributed by atoms with van der Waals surface area (Å²) >= 11 is 0. The van der Waals surface area contributed by atoms with Crippen LogP contribution in [0.1, 0.15) is 0 Å². The van der Waals surface area contributed by atoms with Crippen molar-refractivity contribution >= 4 is 5.82 Å². The van der Waals surface area contributed by atoms with Gasteiger partial charge in [0.1, 0.15) is 5.82 Å². The van der Waals surface area contributed by atoms with E-state index in [1.54, 1.807) is 11.1 Å². The Morgan fingerprint density at radius 2 is 2.33 bits per heavy atom. The second-order valence-electron chi connectivity index (χ2n) is 2.42. The van der Waals surface area contributed by atoms with E-state index in [1.165, 1.54) is 6.20 Å². The molecule has 0 radical (unpaired) electrons. The molecule has 6 heteroatoms. The summed E-state index contributed by atoms with van der Waals surface area (Å²) in [5.41, 5.74) is 5.17. The van der Waals surface area contributed by atoms with E-state index in [-0.39, 0.29) is 5.69 Å². The highest BCUT2D eigenvalue weighted by molar-refractivity contribution is 5.29. The first-order valence-corrected chi connectivity index (χ1v) is 3.43. The van der Waals surface area contributed by atoms with E-state index >= 15 is 0 Å². The molecule has 0 unspecified atom stereocenters. The van der Waals surface area contributed by atoms with E-state index in [0.717, 1.165) is 0 Å². The molecule has 3 N–H and O–H groups in total. The van der Waals surface area contributed by atoms with E-state index in [9.17, 15) is 4.79 Å². The van der Waals surface area contributed by atoms with Crippen molar-refractivity contribution < 1.29 is 0 Å². The lowest BCUT2D eigenvalue weighted by molar-refractivity contribution is 0.319. The predicted molar refractivity (Wildman–Crippen MR) is 45.3 cm³/mol. The summed E-state index contributed by atoms with van der Waals surface area (Å²) in [4.78, 5) is 16.7. The van der Waals surface area contributed by atoms with Gasteiger partial charge in [-0.25, -0.2) is 14.8 Å². The Bertz CT molecular complexity index is 294. The number of anilines is 1. The first-order chi connectivity index (χ1) is 5.68. The molecule has 0 aliphatic carbocycles. The van der Waals surface area contributed by atoms with Gasteiger partial charge in [-0.2, -0.15) is 5.53 Å². The fourth-order valence-corrected chi connectivity index (χ4v) is 0.614. The Morgan fingerprint density at radius 3 is 2.92 bits per heavy atom. The fourth-order valence-electron chi connectivity index (χ4n) is 0.614. The topological polar surface area (TPSA) is 73.0 Å². The average molecular weight is 169 g/mol. The van der Waals surface area contributed by atoms with Crippen LogP contribution in [0.3, 0.4) is 0 Å². The number of nitrogens with one attached hydrogen (secondary N) is 3. The van der Waals surface area contributed by atoms with Gasteiger partial charge in [0.05, 0.1) is 0 Å². The van der Waals surface area contributed by atoms with Crippen LogP contribution >= 0.6 is 0 Å². The summed E-state index contributed by atoms with van der Waals surface area (Å²) in [6, 6.07) is 1.65. The summed E-state index contributed by atoms with van der Waals surface area (Å²) < 4.78 is 0. The van der Waals surface area contributed by atoms with Gasteiger partial charge in [-0.1, -0.05) is 0 Å². The number of hydrogen-bond donors (Lipinski definition) is 3. The van der Waals surface area contributed by atoms with Crippen molar-refractivity contribution in [1.29, 1.82) is 0 Å². The Kier molecular flexibility index (Phi) is 2.78. The van der Waals surface area contributed by atoms with Gasteiger partial charge in [0.15, 0.2) is 0 Å². The molecule has 0 amide bonds. The minimum atomic E-state index is -0.374. The van der Waals surface area contributed by atoms with E-state index in [0.29, 0.717) is 5.82 Å². The van der Waals surface area contributed by atoms with Crippen LogP contribution in [0.15, 0.2) is 17.1 Å². The third-order valence-corrected chi connectivity index (χ3v) is 1.09. The maximum atomic E-state index is 10.7. The molecule has 0 bridgehead atoms. The van der Waals surface area contributed by atoms with Crippen LogP contribution < -0.4 is 16.7 Å². The van der Waals surface area contributed by atoms with Gasteiger partial charge in [0, 0.05) is 20.3 Å². The molecule has 0 atom stereocenters. The van der Waals surface area contributed by atoms with Crippen LogP contribution in [0.25, 0.3) is 0 Å². The van der Waals surface area contributed by atoms with Crippen LogP contribution in [0.2, 0.25) is 0 Å². The second-order valence-corrected chi connectivity index (χ2v) is 2.42. The van der Waals surface area contributed by atoms with Crippen molar-refractivity contribution in [1.82, 2.24) is 20.5 Å². The molecule has 0 aliphatic heterocycles. The summed E-state index contributed by atoms with van der Waals surface area (Å²) in [5.74, 6) is 0.573. The lowest BCUT2D eigenvalue weighted by Crippen LogP contribution is -2.36. The van der Waals surface area contributed by atoms with Gasteiger partial charge in [-0.15, -0.1) is 0 Å². The maximum absolute atomic E-state index is 10.7. The normalized spacial score (nSPS) is 10.2. The SMILES string of the molecule is CN(C)NNc1ccnc(=O)[nH]1. The van der Waals surface area contributed by atoms with Crippen LogP contribution in [0.4, 0.5) is 5.82 Å². The number of aromatic amines is 1. The number of hydrazine groups is 2. The van der Waals surface area contributed by atoms with Crippen molar-refractivity contribution in [3.63, 3.8) is 0 Å². The molecule has 0 saturated carbocycles. The van der Waals surface area contributed by atoms with Crippen LogP contribution in [0.5, 0.6) is 0 Å². The third kappa shape index (κ3) is 2.69. The quantitative estimate of drug-likeness (QED) is 0.515. The molecule has 1 aromatic rings. The molecule has 66 valence electrons. The van der Waals surface area contributed by atoms with Gasteiger partial charge < -0.3 is 0 Å². The first-order valence-electron chi connectivity index (χ1n) is 3.43. The molecule has 6 nitrogen and oxygen atoms in total. The summed E-state index contributed by atoms with van der Waals surface area (Å²) in [6.07, 6.45) is 1.43. The smallest absolute Gasteiger partial charge is 0.293 e. The van der Waals surface area contributed by atoms with E-state index in [1.807, 2.05) is 14.1 Å². The minimum absolute atomic E-state index is 0.374. The minimum Gasteiger partial charge on any atom is -0.293 e.